The molecule has 1 atom stereocenters. The van der Waals surface area contributed by atoms with E-state index in [0.717, 1.165) is 26.2 Å². The lowest BCUT2D eigenvalue weighted by Gasteiger charge is -2.33. The Hall–Kier alpha value is -0.400. The maximum absolute atomic E-state index is 13.6. The van der Waals surface area contributed by atoms with Crippen molar-refractivity contribution in [3.8, 4) is 5.75 Å². The highest BCUT2D eigenvalue weighted by Gasteiger charge is 2.26. The zero-order valence-corrected chi connectivity index (χ0v) is 14.3. The summed E-state index contributed by atoms with van der Waals surface area (Å²) in [7, 11) is 0. The summed E-state index contributed by atoms with van der Waals surface area (Å²) in [5.74, 6) is -2.96. The highest BCUT2D eigenvalue weighted by molar-refractivity contribution is 9.10. The lowest BCUT2D eigenvalue weighted by Crippen LogP contribution is -2.44. The summed E-state index contributed by atoms with van der Waals surface area (Å²) in [6.45, 7) is 6.88. The van der Waals surface area contributed by atoms with Gasteiger partial charge in [0.15, 0.2) is 11.6 Å². The van der Waals surface area contributed by atoms with Crippen molar-refractivity contribution in [2.45, 2.75) is 6.04 Å². The molecular weight excluding hydrogens is 389 g/mol. The van der Waals surface area contributed by atoms with Gasteiger partial charge in [0.25, 0.3) is 0 Å². The number of hydrogen-bond acceptors (Lipinski definition) is 3. The van der Waals surface area contributed by atoms with Crippen LogP contribution in [0.3, 0.4) is 0 Å². The van der Waals surface area contributed by atoms with Crippen molar-refractivity contribution < 1.29 is 13.9 Å². The van der Waals surface area contributed by atoms with Crippen molar-refractivity contribution in [3.05, 3.63) is 40.4 Å². The summed E-state index contributed by atoms with van der Waals surface area (Å²) in [5.41, 5.74) is 0.322. The van der Waals surface area contributed by atoms with Gasteiger partial charge in [0.2, 0.25) is 5.82 Å². The molecule has 1 aromatic rings. The van der Waals surface area contributed by atoms with Crippen molar-refractivity contribution in [3.63, 3.8) is 0 Å². The second kappa shape index (κ2) is 8.90. The number of phenolic OH excluding ortho intramolecular Hbond substituents is 1. The summed E-state index contributed by atoms with van der Waals surface area (Å²) in [6.07, 6.45) is 1.63. The van der Waals surface area contributed by atoms with E-state index < -0.39 is 17.4 Å². The first-order valence-corrected chi connectivity index (χ1v) is 6.79. The Morgan fingerprint density at radius 2 is 1.86 bits per heavy atom. The molecule has 0 amide bonds. The zero-order chi connectivity index (χ0) is 14.0. The maximum Gasteiger partial charge on any atom is 0.201 e. The first-order chi connectivity index (χ1) is 9.06. The Morgan fingerprint density at radius 3 is 2.38 bits per heavy atom. The topological polar surface area (TPSA) is 35.5 Å². The van der Waals surface area contributed by atoms with Crippen LogP contribution >= 0.6 is 40.7 Å². The minimum atomic E-state index is -1.23. The van der Waals surface area contributed by atoms with E-state index in [4.69, 9.17) is 0 Å². The number of nitrogens with zero attached hydrogens (tertiary/aromatic N) is 1. The fraction of sp³-hybridized carbons (Fsp3) is 0.385. The zero-order valence-electron chi connectivity index (χ0n) is 11.1. The number of halogens is 5. The van der Waals surface area contributed by atoms with Gasteiger partial charge in [-0.15, -0.1) is 31.4 Å². The molecule has 0 aromatic heterocycles. The molecule has 2 N–H and O–H groups in total. The third-order valence-electron chi connectivity index (χ3n) is 3.25. The molecule has 0 bridgehead atoms. The van der Waals surface area contributed by atoms with Gasteiger partial charge in [0, 0.05) is 31.7 Å². The molecular formula is C13H17BrCl2F2N2O. The van der Waals surface area contributed by atoms with Crippen molar-refractivity contribution in [2.24, 2.45) is 0 Å². The van der Waals surface area contributed by atoms with Gasteiger partial charge in [-0.1, -0.05) is 6.08 Å². The number of phenols is 1. The fourth-order valence-electron chi connectivity index (χ4n) is 2.26. The van der Waals surface area contributed by atoms with Gasteiger partial charge in [-0.3, -0.25) is 4.90 Å². The van der Waals surface area contributed by atoms with Gasteiger partial charge in [0.05, 0.1) is 10.5 Å². The molecule has 1 aromatic carbocycles. The van der Waals surface area contributed by atoms with Crippen LogP contribution in [0.15, 0.2) is 23.2 Å². The molecule has 1 saturated heterocycles. The predicted molar refractivity (Wildman–Crippen MR) is 87.6 cm³/mol. The van der Waals surface area contributed by atoms with Crippen LogP contribution in [0, 0.1) is 11.6 Å². The summed E-state index contributed by atoms with van der Waals surface area (Å²) in [4.78, 5) is 2.06. The summed E-state index contributed by atoms with van der Waals surface area (Å²) in [6, 6.07) is 1.07. The van der Waals surface area contributed by atoms with E-state index in [1.54, 1.807) is 6.08 Å². The van der Waals surface area contributed by atoms with Crippen molar-refractivity contribution in [2.75, 3.05) is 26.2 Å². The van der Waals surface area contributed by atoms with Crippen LogP contribution < -0.4 is 5.32 Å². The minimum Gasteiger partial charge on any atom is -0.505 e. The second-order valence-electron chi connectivity index (χ2n) is 4.39. The average Bonchev–Trinajstić information content (AvgIpc) is 2.44. The molecule has 1 aliphatic heterocycles. The first-order valence-electron chi connectivity index (χ1n) is 6.00. The van der Waals surface area contributed by atoms with Crippen molar-refractivity contribution in [1.29, 1.82) is 0 Å². The molecule has 0 saturated carbocycles. The molecule has 1 heterocycles. The molecule has 0 aliphatic carbocycles. The molecule has 120 valence electrons. The summed E-state index contributed by atoms with van der Waals surface area (Å²) < 4.78 is 26.9. The van der Waals surface area contributed by atoms with Crippen molar-refractivity contribution >= 4 is 40.7 Å². The molecule has 0 radical (unpaired) electrons. The molecule has 1 fully saturated rings. The van der Waals surface area contributed by atoms with Crippen LogP contribution in [-0.2, 0) is 0 Å². The van der Waals surface area contributed by atoms with Crippen LogP contribution in [0.2, 0.25) is 0 Å². The molecule has 0 unspecified atom stereocenters. The lowest BCUT2D eigenvalue weighted by atomic mass is 10.0. The highest BCUT2D eigenvalue weighted by atomic mass is 79.9. The molecule has 8 heteroatoms. The van der Waals surface area contributed by atoms with Crippen LogP contribution in [0.5, 0.6) is 5.75 Å². The van der Waals surface area contributed by atoms with Crippen LogP contribution in [0.1, 0.15) is 11.6 Å². The SMILES string of the molecule is C=C[C@H](c1cc(Br)c(F)c(F)c1O)N1CCNCC1.Cl.Cl. The molecule has 0 spiro atoms. The highest BCUT2D eigenvalue weighted by Crippen LogP contribution is 2.36. The molecule has 1 aliphatic rings. The number of rotatable bonds is 3. The van der Waals surface area contributed by atoms with Gasteiger partial charge in [0.1, 0.15) is 0 Å². The molecule has 3 nitrogen and oxygen atoms in total. The summed E-state index contributed by atoms with van der Waals surface area (Å²) >= 11 is 2.96. The standard InChI is InChI=1S/C13H15BrF2N2O.2ClH/c1-2-10(18-5-3-17-4-6-18)8-7-9(14)11(15)12(16)13(8)19;;/h2,7,10,17,19H,1,3-6H2;2*1H/t10-;;/m1../s1. The quantitative estimate of drug-likeness (QED) is 0.597. The Balaban J connectivity index is 0.00000200. The van der Waals surface area contributed by atoms with Gasteiger partial charge in [-0.2, -0.15) is 4.39 Å². The summed E-state index contributed by atoms with van der Waals surface area (Å²) in [5, 5.41) is 13.0. The Labute approximate surface area is 143 Å². The number of nitrogens with one attached hydrogen (secondary N) is 1. The van der Waals surface area contributed by atoms with E-state index in [2.05, 4.69) is 32.7 Å². The Bertz CT molecular complexity index is 500. The van der Waals surface area contributed by atoms with Crippen LogP contribution in [0.25, 0.3) is 0 Å². The second-order valence-corrected chi connectivity index (χ2v) is 5.25. The van der Waals surface area contributed by atoms with E-state index in [1.807, 2.05) is 0 Å². The monoisotopic (exact) mass is 404 g/mol. The smallest absolute Gasteiger partial charge is 0.201 e. The molecule has 2 rings (SSSR count). The molecule has 21 heavy (non-hydrogen) atoms. The van der Waals surface area contributed by atoms with E-state index >= 15 is 0 Å². The van der Waals surface area contributed by atoms with E-state index in [-0.39, 0.29) is 35.3 Å². The maximum atomic E-state index is 13.6. The van der Waals surface area contributed by atoms with Gasteiger partial charge >= 0.3 is 0 Å². The van der Waals surface area contributed by atoms with E-state index in [9.17, 15) is 13.9 Å². The third kappa shape index (κ3) is 4.29. The van der Waals surface area contributed by atoms with Crippen LogP contribution in [-0.4, -0.2) is 36.2 Å². The number of hydrogen-bond donors (Lipinski definition) is 2. The fourth-order valence-corrected chi connectivity index (χ4v) is 2.68. The van der Waals surface area contributed by atoms with Gasteiger partial charge in [-0.05, 0) is 22.0 Å². The number of benzene rings is 1. The first kappa shape index (κ1) is 20.6. The van der Waals surface area contributed by atoms with E-state index in [1.165, 1.54) is 6.07 Å². The predicted octanol–water partition coefficient (Wildman–Crippen LogP) is 3.41. The minimum absolute atomic E-state index is 0. The number of aromatic hydroxyl groups is 1. The van der Waals surface area contributed by atoms with Gasteiger partial charge in [-0.25, -0.2) is 4.39 Å². The van der Waals surface area contributed by atoms with Crippen LogP contribution in [0.4, 0.5) is 8.78 Å². The number of piperazine rings is 1. The normalized spacial score (nSPS) is 16.5. The Kier molecular flexibility index (Phi) is 8.73. The average molecular weight is 406 g/mol. The van der Waals surface area contributed by atoms with Gasteiger partial charge < -0.3 is 10.4 Å². The lowest BCUT2D eigenvalue weighted by molar-refractivity contribution is 0.199. The largest absolute Gasteiger partial charge is 0.505 e. The van der Waals surface area contributed by atoms with E-state index in [0.29, 0.717) is 5.56 Å². The van der Waals surface area contributed by atoms with Crippen molar-refractivity contribution in [1.82, 2.24) is 10.2 Å². The third-order valence-corrected chi connectivity index (χ3v) is 3.83. The Morgan fingerprint density at radius 1 is 1.29 bits per heavy atom.